The van der Waals surface area contributed by atoms with Crippen LogP contribution in [-0.4, -0.2) is 5.54 Å². The van der Waals surface area contributed by atoms with Crippen molar-refractivity contribution in [2.24, 2.45) is 5.73 Å². The lowest BCUT2D eigenvalue weighted by Gasteiger charge is -2.20. The number of hydrogen-bond acceptors (Lipinski definition) is 1. The third kappa shape index (κ3) is 3.52. The quantitative estimate of drug-likeness (QED) is 0.849. The summed E-state index contributed by atoms with van der Waals surface area (Å²) < 4.78 is 39.5. The smallest absolute Gasteiger partial charge is 0.270 e. The Morgan fingerprint density at radius 3 is 2.19 bits per heavy atom. The van der Waals surface area contributed by atoms with Gasteiger partial charge in [0.15, 0.2) is 0 Å². The van der Waals surface area contributed by atoms with E-state index in [-0.39, 0.29) is 17.5 Å². The molecule has 1 nitrogen and oxygen atoms in total. The van der Waals surface area contributed by atoms with Crippen LogP contribution in [0.15, 0.2) is 18.2 Å². The van der Waals surface area contributed by atoms with E-state index in [9.17, 15) is 13.2 Å². The van der Waals surface area contributed by atoms with Gasteiger partial charge in [-0.05, 0) is 38.0 Å². The molecule has 1 aromatic rings. The molecule has 0 unspecified atom stereocenters. The van der Waals surface area contributed by atoms with Crippen LogP contribution in [-0.2, 0) is 12.3 Å². The summed E-state index contributed by atoms with van der Waals surface area (Å²) in [4.78, 5) is 0. The van der Waals surface area contributed by atoms with Crippen LogP contribution in [0.3, 0.4) is 0 Å². The van der Waals surface area contributed by atoms with E-state index >= 15 is 0 Å². The molecule has 90 valence electrons. The van der Waals surface area contributed by atoms with Crippen molar-refractivity contribution in [1.29, 1.82) is 0 Å². The summed E-state index contributed by atoms with van der Waals surface area (Å²) in [5, 5.41) is 0. The molecule has 1 rings (SSSR count). The van der Waals surface area contributed by atoms with Crippen molar-refractivity contribution in [3.8, 4) is 0 Å². The van der Waals surface area contributed by atoms with E-state index in [1.807, 2.05) is 0 Å². The maximum atomic E-state index is 13.4. The summed E-state index contributed by atoms with van der Waals surface area (Å²) in [6.45, 7) is 4.24. The Morgan fingerprint density at radius 2 is 1.75 bits per heavy atom. The molecule has 16 heavy (non-hydrogen) atoms. The molecule has 0 amide bonds. The molecule has 4 heteroatoms. The third-order valence-corrected chi connectivity index (χ3v) is 2.20. The topological polar surface area (TPSA) is 26.0 Å². The number of hydrogen-bond donors (Lipinski definition) is 1. The van der Waals surface area contributed by atoms with Gasteiger partial charge in [0.05, 0.1) is 0 Å². The van der Waals surface area contributed by atoms with Gasteiger partial charge in [-0.1, -0.05) is 6.07 Å². The van der Waals surface area contributed by atoms with E-state index in [1.165, 1.54) is 6.07 Å². The van der Waals surface area contributed by atoms with Crippen molar-refractivity contribution < 1.29 is 13.2 Å². The summed E-state index contributed by atoms with van der Waals surface area (Å²) in [6.07, 6.45) is 0.225. The standard InChI is InChI=1S/C12H16F3N/c1-11(2,16)7-8-6-9(12(3,14)15)4-5-10(8)13/h4-6H,7,16H2,1-3H3. The highest BCUT2D eigenvalue weighted by Crippen LogP contribution is 2.29. The number of benzene rings is 1. The fourth-order valence-corrected chi connectivity index (χ4v) is 1.47. The maximum Gasteiger partial charge on any atom is 0.270 e. The second-order valence-corrected chi connectivity index (χ2v) is 4.86. The lowest BCUT2D eigenvalue weighted by Crippen LogP contribution is -2.34. The first-order valence-electron chi connectivity index (χ1n) is 5.05. The summed E-state index contributed by atoms with van der Waals surface area (Å²) in [6, 6.07) is 3.35. The zero-order chi connectivity index (χ0) is 12.6. The molecule has 0 aliphatic heterocycles. The number of rotatable bonds is 3. The van der Waals surface area contributed by atoms with Crippen LogP contribution in [0, 0.1) is 5.82 Å². The Hall–Kier alpha value is -1.03. The summed E-state index contributed by atoms with van der Waals surface area (Å²) in [7, 11) is 0. The van der Waals surface area contributed by atoms with Crippen molar-refractivity contribution in [3.63, 3.8) is 0 Å². The van der Waals surface area contributed by atoms with Crippen molar-refractivity contribution in [2.45, 2.75) is 38.7 Å². The number of halogens is 3. The van der Waals surface area contributed by atoms with Gasteiger partial charge in [-0.2, -0.15) is 0 Å². The minimum atomic E-state index is -2.96. The molecular formula is C12H16F3N. The highest BCUT2D eigenvalue weighted by atomic mass is 19.3. The number of alkyl halides is 2. The third-order valence-electron chi connectivity index (χ3n) is 2.20. The minimum Gasteiger partial charge on any atom is -0.325 e. The van der Waals surface area contributed by atoms with Crippen molar-refractivity contribution in [2.75, 3.05) is 0 Å². The van der Waals surface area contributed by atoms with Crippen LogP contribution in [0.5, 0.6) is 0 Å². The summed E-state index contributed by atoms with van der Waals surface area (Å²) >= 11 is 0. The first-order valence-corrected chi connectivity index (χ1v) is 5.05. The van der Waals surface area contributed by atoms with Gasteiger partial charge in [0.25, 0.3) is 5.92 Å². The highest BCUT2D eigenvalue weighted by molar-refractivity contribution is 5.29. The van der Waals surface area contributed by atoms with Gasteiger partial charge < -0.3 is 5.73 Å². The predicted octanol–water partition coefficient (Wildman–Crippen LogP) is 3.22. The molecule has 0 fully saturated rings. The fraction of sp³-hybridized carbons (Fsp3) is 0.500. The molecule has 2 N–H and O–H groups in total. The molecule has 0 bridgehead atoms. The Bertz CT molecular complexity index is 375. The van der Waals surface area contributed by atoms with E-state index in [1.54, 1.807) is 13.8 Å². The largest absolute Gasteiger partial charge is 0.325 e. The Morgan fingerprint density at radius 1 is 1.19 bits per heavy atom. The highest BCUT2D eigenvalue weighted by Gasteiger charge is 2.26. The van der Waals surface area contributed by atoms with Gasteiger partial charge in [0, 0.05) is 18.0 Å². The molecule has 0 saturated carbocycles. The predicted molar refractivity (Wildman–Crippen MR) is 57.9 cm³/mol. The van der Waals surface area contributed by atoms with Crippen molar-refractivity contribution >= 4 is 0 Å². The van der Waals surface area contributed by atoms with Crippen LogP contribution >= 0.6 is 0 Å². The Kier molecular flexibility index (Phi) is 3.33. The van der Waals surface area contributed by atoms with E-state index in [0.29, 0.717) is 0 Å². The fourth-order valence-electron chi connectivity index (χ4n) is 1.47. The van der Waals surface area contributed by atoms with Gasteiger partial charge >= 0.3 is 0 Å². The van der Waals surface area contributed by atoms with Crippen molar-refractivity contribution in [3.05, 3.63) is 35.1 Å². The van der Waals surface area contributed by atoms with Crippen LogP contribution < -0.4 is 5.73 Å². The lowest BCUT2D eigenvalue weighted by atomic mass is 9.94. The molecule has 0 spiro atoms. The Balaban J connectivity index is 3.10. The first-order chi connectivity index (χ1) is 7.09. The van der Waals surface area contributed by atoms with Gasteiger partial charge in [0.1, 0.15) is 5.82 Å². The molecule has 0 saturated heterocycles. The van der Waals surface area contributed by atoms with E-state index in [2.05, 4.69) is 0 Å². The summed E-state index contributed by atoms with van der Waals surface area (Å²) in [5.41, 5.74) is 5.16. The monoisotopic (exact) mass is 231 g/mol. The lowest BCUT2D eigenvalue weighted by molar-refractivity contribution is 0.0173. The zero-order valence-electron chi connectivity index (χ0n) is 9.65. The number of nitrogens with two attached hydrogens (primary N) is 1. The van der Waals surface area contributed by atoms with E-state index in [4.69, 9.17) is 5.73 Å². The molecule has 0 aliphatic rings. The minimum absolute atomic E-state index is 0.187. The molecule has 0 heterocycles. The molecule has 1 aromatic carbocycles. The molecule has 0 atom stereocenters. The average Bonchev–Trinajstić information content (AvgIpc) is 2.04. The molecular weight excluding hydrogens is 215 g/mol. The SMILES string of the molecule is CC(C)(N)Cc1cc(C(C)(F)F)ccc1F. The normalized spacial score (nSPS) is 12.9. The van der Waals surface area contributed by atoms with E-state index < -0.39 is 17.3 Å². The molecule has 0 radical (unpaired) electrons. The first kappa shape index (κ1) is 13.0. The van der Waals surface area contributed by atoms with Gasteiger partial charge in [-0.15, -0.1) is 0 Å². The summed E-state index contributed by atoms with van der Waals surface area (Å²) in [5.74, 6) is -3.45. The second-order valence-electron chi connectivity index (χ2n) is 4.86. The van der Waals surface area contributed by atoms with Gasteiger partial charge in [-0.25, -0.2) is 13.2 Å². The molecule has 0 aromatic heterocycles. The Labute approximate surface area is 93.5 Å². The zero-order valence-corrected chi connectivity index (χ0v) is 9.65. The maximum absolute atomic E-state index is 13.4. The van der Waals surface area contributed by atoms with Crippen LogP contribution in [0.25, 0.3) is 0 Å². The van der Waals surface area contributed by atoms with Crippen LogP contribution in [0.1, 0.15) is 31.9 Å². The van der Waals surface area contributed by atoms with Crippen LogP contribution in [0.4, 0.5) is 13.2 Å². The molecule has 0 aliphatic carbocycles. The average molecular weight is 231 g/mol. The van der Waals surface area contributed by atoms with Crippen LogP contribution in [0.2, 0.25) is 0 Å². The van der Waals surface area contributed by atoms with Gasteiger partial charge in [-0.3, -0.25) is 0 Å². The van der Waals surface area contributed by atoms with E-state index in [0.717, 1.165) is 19.1 Å². The second kappa shape index (κ2) is 4.09. The van der Waals surface area contributed by atoms with Crippen molar-refractivity contribution in [1.82, 2.24) is 0 Å². The van der Waals surface area contributed by atoms with Gasteiger partial charge in [0.2, 0.25) is 0 Å².